The number of hydrogen-bond acceptors (Lipinski definition) is 5. The van der Waals surface area contributed by atoms with Crippen molar-refractivity contribution in [3.8, 4) is 0 Å². The minimum absolute atomic E-state index is 0.0644. The summed E-state index contributed by atoms with van der Waals surface area (Å²) < 4.78 is 39.4. The number of carbonyl (C=O) groups is 1. The molecule has 1 aromatic heterocycles. The van der Waals surface area contributed by atoms with Gasteiger partial charge < -0.3 is 10.2 Å². The summed E-state index contributed by atoms with van der Waals surface area (Å²) in [6.45, 7) is 2.49. The van der Waals surface area contributed by atoms with E-state index in [1.54, 1.807) is 0 Å². The molecular weight excluding hydrogens is 361 g/mol. The van der Waals surface area contributed by atoms with Gasteiger partial charge in [-0.15, -0.1) is 0 Å². The van der Waals surface area contributed by atoms with Crippen LogP contribution in [0.1, 0.15) is 24.8 Å². The molecule has 24 heavy (non-hydrogen) atoms. The number of fused-ring (bicyclic) bond motifs is 1. The molecule has 1 saturated heterocycles. The predicted molar refractivity (Wildman–Crippen MR) is 89.9 cm³/mol. The van der Waals surface area contributed by atoms with E-state index in [9.17, 15) is 22.8 Å². The second-order valence-corrected chi connectivity index (χ2v) is 7.91. The molecule has 0 bridgehead atoms. The zero-order valence-corrected chi connectivity index (χ0v) is 14.2. The first kappa shape index (κ1) is 17.4. The summed E-state index contributed by atoms with van der Waals surface area (Å²) in [5.41, 5.74) is -0.798. The maximum atomic E-state index is 13.0. The largest absolute Gasteiger partial charge is 0.416 e. The highest BCUT2D eigenvalue weighted by atomic mass is 32.2. The number of alkyl halides is 3. The number of amides is 1. The number of halogens is 3. The van der Waals surface area contributed by atoms with Gasteiger partial charge in [-0.3, -0.25) is 9.59 Å². The van der Waals surface area contributed by atoms with Gasteiger partial charge in [0.1, 0.15) is 0 Å². The minimum Gasteiger partial charge on any atom is -0.325 e. The lowest BCUT2D eigenvalue weighted by molar-refractivity contribution is -0.137. The molecule has 130 valence electrons. The quantitative estimate of drug-likeness (QED) is 0.884. The van der Waals surface area contributed by atoms with Gasteiger partial charge in [0, 0.05) is 13.0 Å². The molecule has 0 unspecified atom stereocenters. The Balaban J connectivity index is 1.81. The zero-order chi connectivity index (χ0) is 17.3. The Morgan fingerprint density at radius 1 is 1.21 bits per heavy atom. The van der Waals surface area contributed by atoms with E-state index >= 15 is 0 Å². The van der Waals surface area contributed by atoms with Crippen LogP contribution in [0.5, 0.6) is 0 Å². The fourth-order valence-corrected chi connectivity index (χ4v) is 4.76. The molecule has 9 heteroatoms. The Kier molecular flexibility index (Phi) is 4.93. The van der Waals surface area contributed by atoms with Crippen LogP contribution in [0.15, 0.2) is 16.9 Å². The lowest BCUT2D eigenvalue weighted by atomic mass is 10.2. The van der Waals surface area contributed by atoms with E-state index in [1.165, 1.54) is 0 Å². The van der Waals surface area contributed by atoms with Crippen LogP contribution in [0.2, 0.25) is 0 Å². The molecule has 0 saturated carbocycles. The molecule has 0 aliphatic carbocycles. The highest BCUT2D eigenvalue weighted by molar-refractivity contribution is 7.36. The third-order valence-electron chi connectivity index (χ3n) is 3.89. The first-order valence-corrected chi connectivity index (χ1v) is 9.13. The van der Waals surface area contributed by atoms with Crippen LogP contribution in [0.4, 0.5) is 18.9 Å². The third kappa shape index (κ3) is 3.96. The lowest BCUT2D eigenvalue weighted by Crippen LogP contribution is -2.25. The van der Waals surface area contributed by atoms with E-state index in [-0.39, 0.29) is 26.8 Å². The number of benzene rings is 1. The van der Waals surface area contributed by atoms with E-state index in [0.29, 0.717) is 11.2 Å². The summed E-state index contributed by atoms with van der Waals surface area (Å²) in [5, 5.41) is 2.55. The molecular formula is C15H15F3N2O2S2. The Hall–Kier alpha value is -1.45. The highest BCUT2D eigenvalue weighted by Crippen LogP contribution is 2.37. The number of hydrogen-bond donors (Lipinski definition) is 1. The number of rotatable bonds is 4. The Labute approximate surface area is 143 Å². The molecule has 1 aliphatic heterocycles. The maximum Gasteiger partial charge on any atom is 0.416 e. The highest BCUT2D eigenvalue weighted by Gasteiger charge is 2.32. The molecule has 1 N–H and O–H groups in total. The van der Waals surface area contributed by atoms with E-state index in [0.717, 1.165) is 60.7 Å². The second kappa shape index (κ2) is 6.81. The van der Waals surface area contributed by atoms with Gasteiger partial charge in [-0.05, 0) is 38.1 Å². The maximum absolute atomic E-state index is 13.0. The van der Waals surface area contributed by atoms with Crippen LogP contribution in [0.3, 0.4) is 0 Å². The molecule has 2 heterocycles. The van der Waals surface area contributed by atoms with Crippen LogP contribution in [-0.2, 0) is 11.0 Å². The van der Waals surface area contributed by atoms with Crippen molar-refractivity contribution in [1.29, 1.82) is 0 Å². The topological polar surface area (TPSA) is 49.4 Å². The lowest BCUT2D eigenvalue weighted by Gasteiger charge is -2.15. The molecule has 1 fully saturated rings. The predicted octanol–water partition coefficient (Wildman–Crippen LogP) is 3.77. The first-order valence-electron chi connectivity index (χ1n) is 7.50. The third-order valence-corrected chi connectivity index (χ3v) is 6.04. The van der Waals surface area contributed by atoms with E-state index < -0.39 is 11.7 Å². The first-order chi connectivity index (χ1) is 11.3. The van der Waals surface area contributed by atoms with Crippen LogP contribution in [-0.4, -0.2) is 30.4 Å². The van der Waals surface area contributed by atoms with Crippen molar-refractivity contribution in [1.82, 2.24) is 4.90 Å². The van der Waals surface area contributed by atoms with E-state index in [2.05, 4.69) is 10.2 Å². The number of nitrogens with one attached hydrogen (secondary N) is 1. The van der Waals surface area contributed by atoms with Gasteiger partial charge in [0.25, 0.3) is 4.06 Å². The van der Waals surface area contributed by atoms with Crippen molar-refractivity contribution >= 4 is 43.7 Å². The fourth-order valence-electron chi connectivity index (χ4n) is 2.71. The molecule has 0 atom stereocenters. The van der Waals surface area contributed by atoms with E-state index in [1.807, 2.05) is 0 Å². The second-order valence-electron chi connectivity index (χ2n) is 5.65. The van der Waals surface area contributed by atoms with Gasteiger partial charge in [-0.1, -0.05) is 22.7 Å². The molecule has 1 aromatic carbocycles. The summed E-state index contributed by atoms with van der Waals surface area (Å²) >= 11 is 1.61. The average molecular weight is 376 g/mol. The molecule has 1 aliphatic rings. The molecule has 2 aromatic rings. The van der Waals surface area contributed by atoms with Crippen LogP contribution in [0, 0.1) is 0 Å². The number of nitrogens with zero attached hydrogens (tertiary/aromatic N) is 1. The fraction of sp³-hybridized carbons (Fsp3) is 0.467. The summed E-state index contributed by atoms with van der Waals surface area (Å²) in [5.74, 6) is -0.339. The van der Waals surface area contributed by atoms with Crippen molar-refractivity contribution in [2.45, 2.75) is 25.4 Å². The summed E-state index contributed by atoms with van der Waals surface area (Å²) in [4.78, 5) is 25.8. The van der Waals surface area contributed by atoms with Gasteiger partial charge in [0.15, 0.2) is 0 Å². The van der Waals surface area contributed by atoms with Crippen molar-refractivity contribution in [3.05, 3.63) is 26.5 Å². The van der Waals surface area contributed by atoms with Crippen molar-refractivity contribution < 1.29 is 18.0 Å². The SMILES string of the molecule is O=C(CCN1CCCC1)Nc1cc(C(F)(F)F)cc2sc(=O)sc12. The van der Waals surface area contributed by atoms with Crippen LogP contribution >= 0.6 is 22.7 Å². The summed E-state index contributed by atoms with van der Waals surface area (Å²) in [6.07, 6.45) is -2.09. The normalized spacial score (nSPS) is 16.0. The Morgan fingerprint density at radius 3 is 2.58 bits per heavy atom. The molecule has 0 radical (unpaired) electrons. The smallest absolute Gasteiger partial charge is 0.325 e. The standard InChI is InChI=1S/C15H15F3N2O2S2/c16-15(17,18)9-7-10(13-11(8-9)23-14(22)24-13)19-12(21)3-6-20-4-1-2-5-20/h7-8H,1-6H2,(H,19,21). The monoisotopic (exact) mass is 376 g/mol. The van der Waals surface area contributed by atoms with Crippen molar-refractivity contribution in [2.75, 3.05) is 25.0 Å². The summed E-state index contributed by atoms with van der Waals surface area (Å²) in [7, 11) is 0. The molecule has 1 amide bonds. The number of carbonyl (C=O) groups excluding carboxylic acids is 1. The van der Waals surface area contributed by atoms with E-state index in [4.69, 9.17) is 0 Å². The van der Waals surface area contributed by atoms with Gasteiger partial charge >= 0.3 is 6.18 Å². The molecule has 0 spiro atoms. The van der Waals surface area contributed by atoms with Gasteiger partial charge in [0.05, 0.1) is 20.7 Å². The van der Waals surface area contributed by atoms with Gasteiger partial charge in [0.2, 0.25) is 5.91 Å². The van der Waals surface area contributed by atoms with Crippen molar-refractivity contribution in [3.63, 3.8) is 0 Å². The Morgan fingerprint density at radius 2 is 1.92 bits per heavy atom. The zero-order valence-electron chi connectivity index (χ0n) is 12.6. The Bertz CT molecular complexity index is 807. The molecule has 3 rings (SSSR count). The van der Waals surface area contributed by atoms with Gasteiger partial charge in [-0.25, -0.2) is 0 Å². The van der Waals surface area contributed by atoms with Gasteiger partial charge in [-0.2, -0.15) is 13.2 Å². The van der Waals surface area contributed by atoms with Crippen molar-refractivity contribution in [2.24, 2.45) is 0 Å². The average Bonchev–Trinajstić information content (AvgIpc) is 3.12. The summed E-state index contributed by atoms with van der Waals surface area (Å²) in [6, 6.07) is 1.86. The molecule has 4 nitrogen and oxygen atoms in total. The van der Waals surface area contributed by atoms with Crippen LogP contribution in [0.25, 0.3) is 9.40 Å². The minimum atomic E-state index is -4.53. The van der Waals surface area contributed by atoms with Crippen LogP contribution < -0.4 is 9.37 Å². The number of anilines is 1. The number of likely N-dealkylation sites (tertiary alicyclic amines) is 1.